The number of nitrogens with one attached hydrogen (secondary N) is 2. The fourth-order valence-corrected chi connectivity index (χ4v) is 2.32. The molecule has 110 valence electrons. The van der Waals surface area contributed by atoms with Gasteiger partial charge in [-0.25, -0.2) is 0 Å². The van der Waals surface area contributed by atoms with Crippen LogP contribution in [0.15, 0.2) is 36.4 Å². The third-order valence-electron chi connectivity index (χ3n) is 2.53. The number of rotatable bonds is 3. The predicted molar refractivity (Wildman–Crippen MR) is 93.3 cm³/mol. The van der Waals surface area contributed by atoms with Crippen molar-refractivity contribution in [2.45, 2.75) is 0 Å². The molecule has 0 aliphatic heterocycles. The Balaban J connectivity index is 2.19. The van der Waals surface area contributed by atoms with E-state index in [1.54, 1.807) is 43.4 Å². The van der Waals surface area contributed by atoms with Crippen LogP contribution in [0.5, 0.6) is 11.5 Å². The minimum absolute atomic E-state index is 0.414. The molecule has 0 amide bonds. The summed E-state index contributed by atoms with van der Waals surface area (Å²) in [6.45, 7) is 0. The second-order valence-corrected chi connectivity index (χ2v) is 5.69. The third-order valence-corrected chi connectivity index (χ3v) is 3.66. The molecule has 0 aromatic heterocycles. The maximum absolute atomic E-state index is 6.19. The molecule has 3 nitrogen and oxygen atoms in total. The van der Waals surface area contributed by atoms with E-state index in [0.717, 1.165) is 5.69 Å². The third kappa shape index (κ3) is 4.38. The summed E-state index contributed by atoms with van der Waals surface area (Å²) in [5.41, 5.74) is 0.758. The maximum Gasteiger partial charge on any atom is 0.170 e. The van der Waals surface area contributed by atoms with Gasteiger partial charge in [0.15, 0.2) is 5.11 Å². The summed E-state index contributed by atoms with van der Waals surface area (Å²) in [5.74, 6) is 0.969. The van der Waals surface area contributed by atoms with Crippen LogP contribution in [0.4, 0.5) is 5.69 Å². The topological polar surface area (TPSA) is 33.3 Å². The van der Waals surface area contributed by atoms with Gasteiger partial charge in [-0.2, -0.15) is 0 Å². The minimum atomic E-state index is 0.414. The molecular weight excluding hydrogens is 351 g/mol. The molecule has 0 spiro atoms. The fraction of sp³-hybridized carbons (Fsp3) is 0.0714. The van der Waals surface area contributed by atoms with E-state index >= 15 is 0 Å². The van der Waals surface area contributed by atoms with Crippen LogP contribution in [-0.4, -0.2) is 12.2 Å². The van der Waals surface area contributed by atoms with E-state index in [9.17, 15) is 0 Å². The van der Waals surface area contributed by atoms with Crippen LogP contribution < -0.4 is 15.4 Å². The number of hydrogen-bond donors (Lipinski definition) is 2. The first-order valence-electron chi connectivity index (χ1n) is 5.91. The summed E-state index contributed by atoms with van der Waals surface area (Å²) in [7, 11) is 1.73. The lowest BCUT2D eigenvalue weighted by Gasteiger charge is -2.12. The van der Waals surface area contributed by atoms with Gasteiger partial charge in [-0.1, -0.05) is 34.8 Å². The normalized spacial score (nSPS) is 10.1. The lowest BCUT2D eigenvalue weighted by molar-refractivity contribution is 0.483. The van der Waals surface area contributed by atoms with E-state index in [2.05, 4.69) is 10.6 Å². The number of benzene rings is 2. The average Bonchev–Trinajstić information content (AvgIpc) is 2.44. The van der Waals surface area contributed by atoms with Gasteiger partial charge in [-0.05, 0) is 48.6 Å². The van der Waals surface area contributed by atoms with Crippen molar-refractivity contribution in [1.82, 2.24) is 5.32 Å². The van der Waals surface area contributed by atoms with Gasteiger partial charge >= 0.3 is 0 Å². The smallest absolute Gasteiger partial charge is 0.170 e. The average molecular weight is 362 g/mol. The van der Waals surface area contributed by atoms with Gasteiger partial charge in [0.2, 0.25) is 0 Å². The summed E-state index contributed by atoms with van der Waals surface area (Å²) in [5, 5.41) is 7.69. The first kappa shape index (κ1) is 16.2. The van der Waals surface area contributed by atoms with Crippen molar-refractivity contribution in [3.05, 3.63) is 51.5 Å². The molecule has 0 bridgehead atoms. The largest absolute Gasteiger partial charge is 0.454 e. The summed E-state index contributed by atoms with van der Waals surface area (Å²) in [6, 6.07) is 10.2. The molecule has 0 saturated carbocycles. The van der Waals surface area contributed by atoms with Crippen LogP contribution in [0.3, 0.4) is 0 Å². The fourth-order valence-electron chi connectivity index (χ4n) is 1.53. The molecule has 0 unspecified atom stereocenters. The molecule has 2 rings (SSSR count). The standard InChI is InChI=1S/C14H11Cl3N2OS/c1-18-14(21)19-9-3-5-13(11(17)7-9)20-12-4-2-8(15)6-10(12)16/h2-7H,1H3,(H2,18,19,21). The quantitative estimate of drug-likeness (QED) is 0.721. The van der Waals surface area contributed by atoms with Crippen LogP contribution in [0.2, 0.25) is 15.1 Å². The SMILES string of the molecule is CNC(=S)Nc1ccc(Oc2ccc(Cl)cc2Cl)c(Cl)c1. The molecule has 2 aromatic rings. The van der Waals surface area contributed by atoms with E-state index in [-0.39, 0.29) is 0 Å². The van der Waals surface area contributed by atoms with Crippen LogP contribution in [-0.2, 0) is 0 Å². The van der Waals surface area contributed by atoms with Gasteiger partial charge in [0.25, 0.3) is 0 Å². The van der Waals surface area contributed by atoms with Crippen molar-refractivity contribution in [2.24, 2.45) is 0 Å². The first-order valence-corrected chi connectivity index (χ1v) is 7.45. The van der Waals surface area contributed by atoms with E-state index in [1.807, 2.05) is 0 Å². The monoisotopic (exact) mass is 360 g/mol. The van der Waals surface area contributed by atoms with Crippen LogP contribution >= 0.6 is 47.0 Å². The van der Waals surface area contributed by atoms with Gasteiger partial charge in [0.1, 0.15) is 11.5 Å². The molecule has 7 heteroatoms. The highest BCUT2D eigenvalue weighted by Gasteiger charge is 2.08. The Morgan fingerprint density at radius 3 is 2.19 bits per heavy atom. The predicted octanol–water partition coefficient (Wildman–Crippen LogP) is 5.36. The zero-order valence-electron chi connectivity index (χ0n) is 10.9. The Morgan fingerprint density at radius 1 is 1.00 bits per heavy atom. The molecule has 0 fully saturated rings. The summed E-state index contributed by atoms with van der Waals surface area (Å²) < 4.78 is 5.68. The van der Waals surface area contributed by atoms with Crippen LogP contribution in [0, 0.1) is 0 Å². The summed E-state index contributed by atoms with van der Waals surface area (Å²) >= 11 is 23.1. The minimum Gasteiger partial charge on any atom is -0.454 e. The molecule has 21 heavy (non-hydrogen) atoms. The Kier molecular flexibility index (Phi) is 5.53. The highest BCUT2D eigenvalue weighted by Crippen LogP contribution is 2.35. The number of hydrogen-bond acceptors (Lipinski definition) is 2. The molecule has 0 aliphatic rings. The van der Waals surface area contributed by atoms with Crippen LogP contribution in [0.1, 0.15) is 0 Å². The number of ether oxygens (including phenoxy) is 1. The zero-order chi connectivity index (χ0) is 15.4. The number of thiocarbonyl (C=S) groups is 1. The van der Waals surface area contributed by atoms with Gasteiger partial charge in [-0.3, -0.25) is 0 Å². The molecule has 0 radical (unpaired) electrons. The molecular formula is C14H11Cl3N2OS. The second-order valence-electron chi connectivity index (χ2n) is 4.03. The molecule has 0 saturated heterocycles. The van der Waals surface area contributed by atoms with Crippen molar-refractivity contribution in [3.63, 3.8) is 0 Å². The van der Waals surface area contributed by atoms with Crippen molar-refractivity contribution >= 4 is 57.8 Å². The number of anilines is 1. The molecule has 2 aromatic carbocycles. The molecule has 2 N–H and O–H groups in total. The highest BCUT2D eigenvalue weighted by molar-refractivity contribution is 7.80. The van der Waals surface area contributed by atoms with E-state index in [0.29, 0.717) is 31.7 Å². The Morgan fingerprint density at radius 2 is 1.62 bits per heavy atom. The second kappa shape index (κ2) is 7.18. The summed E-state index contributed by atoms with van der Waals surface area (Å²) in [6.07, 6.45) is 0. The van der Waals surface area contributed by atoms with Crippen LogP contribution in [0.25, 0.3) is 0 Å². The highest BCUT2D eigenvalue weighted by atomic mass is 35.5. The van der Waals surface area contributed by atoms with E-state index in [4.69, 9.17) is 51.8 Å². The maximum atomic E-state index is 6.19. The van der Waals surface area contributed by atoms with Gasteiger partial charge in [0, 0.05) is 17.8 Å². The first-order chi connectivity index (χ1) is 9.99. The Labute approximate surface area is 143 Å². The molecule has 0 aliphatic carbocycles. The Bertz CT molecular complexity index is 679. The van der Waals surface area contributed by atoms with Crippen molar-refractivity contribution in [3.8, 4) is 11.5 Å². The van der Waals surface area contributed by atoms with Gasteiger partial charge in [-0.15, -0.1) is 0 Å². The number of halogens is 3. The molecule has 0 atom stereocenters. The molecule has 0 heterocycles. The van der Waals surface area contributed by atoms with Crippen molar-refractivity contribution in [1.29, 1.82) is 0 Å². The van der Waals surface area contributed by atoms with Crippen molar-refractivity contribution < 1.29 is 4.74 Å². The van der Waals surface area contributed by atoms with Gasteiger partial charge < -0.3 is 15.4 Å². The lowest BCUT2D eigenvalue weighted by Crippen LogP contribution is -2.24. The lowest BCUT2D eigenvalue weighted by atomic mass is 10.3. The van der Waals surface area contributed by atoms with E-state index in [1.165, 1.54) is 0 Å². The van der Waals surface area contributed by atoms with E-state index < -0.39 is 0 Å². The summed E-state index contributed by atoms with van der Waals surface area (Å²) in [4.78, 5) is 0. The van der Waals surface area contributed by atoms with Crippen molar-refractivity contribution in [2.75, 3.05) is 12.4 Å². The zero-order valence-corrected chi connectivity index (χ0v) is 14.0. The Hall–Kier alpha value is -1.20. The van der Waals surface area contributed by atoms with Gasteiger partial charge in [0.05, 0.1) is 10.0 Å².